The van der Waals surface area contributed by atoms with E-state index < -0.39 is 0 Å². The molecular formula is C22H33N3. The summed E-state index contributed by atoms with van der Waals surface area (Å²) in [5.74, 6) is 2.08. The molecule has 3 N–H and O–H groups in total. The van der Waals surface area contributed by atoms with Gasteiger partial charge in [-0.25, -0.2) is 0 Å². The van der Waals surface area contributed by atoms with Crippen molar-refractivity contribution in [2.75, 3.05) is 11.1 Å². The number of anilines is 2. The largest absolute Gasteiger partial charge is 0.397 e. The summed E-state index contributed by atoms with van der Waals surface area (Å²) in [6.07, 6.45) is 14.5. The predicted octanol–water partition coefficient (Wildman–Crippen LogP) is 4.64. The van der Waals surface area contributed by atoms with E-state index in [1.165, 1.54) is 64.2 Å². The van der Waals surface area contributed by atoms with Crippen molar-refractivity contribution in [3.8, 4) is 0 Å². The molecule has 1 aromatic rings. The minimum absolute atomic E-state index is 0.599. The highest BCUT2D eigenvalue weighted by atomic mass is 15.3. The number of nitrogen functional groups attached to an aromatic ring is 1. The molecule has 2 aliphatic heterocycles. The fourth-order valence-corrected chi connectivity index (χ4v) is 6.72. The first-order valence-electron chi connectivity index (χ1n) is 10.6. The van der Waals surface area contributed by atoms with Crippen molar-refractivity contribution in [3.05, 3.63) is 24.3 Å². The normalized spacial score (nSPS) is 40.8. The highest BCUT2D eigenvalue weighted by molar-refractivity contribution is 5.66. The summed E-state index contributed by atoms with van der Waals surface area (Å²) in [6, 6.07) is 11.4. The van der Waals surface area contributed by atoms with Gasteiger partial charge in [-0.05, 0) is 68.9 Å². The van der Waals surface area contributed by atoms with Crippen molar-refractivity contribution >= 4 is 11.4 Å². The van der Waals surface area contributed by atoms with E-state index in [4.69, 9.17) is 5.73 Å². The summed E-state index contributed by atoms with van der Waals surface area (Å²) in [4.78, 5) is 3.00. The number of nitrogens with zero attached hydrogens (tertiary/aromatic N) is 1. The Balaban J connectivity index is 1.27. The maximum atomic E-state index is 6.15. The number of para-hydroxylation sites is 2. The van der Waals surface area contributed by atoms with E-state index in [0.717, 1.165) is 41.3 Å². The molecule has 5 rings (SSSR count). The van der Waals surface area contributed by atoms with Crippen molar-refractivity contribution in [1.29, 1.82) is 0 Å². The number of benzene rings is 1. The highest BCUT2D eigenvalue weighted by Crippen LogP contribution is 2.46. The molecule has 2 saturated heterocycles. The van der Waals surface area contributed by atoms with Crippen LogP contribution in [0.5, 0.6) is 0 Å². The quantitative estimate of drug-likeness (QED) is 0.788. The van der Waals surface area contributed by atoms with E-state index in [1.807, 2.05) is 12.1 Å². The molecule has 136 valence electrons. The minimum Gasteiger partial charge on any atom is -0.397 e. The van der Waals surface area contributed by atoms with E-state index in [9.17, 15) is 0 Å². The average Bonchev–Trinajstić information content (AvgIpc) is 2.87. The first-order chi connectivity index (χ1) is 12.3. The summed E-state index contributed by atoms with van der Waals surface area (Å²) in [5, 5.41) is 3.76. The van der Waals surface area contributed by atoms with Crippen LogP contribution in [-0.4, -0.2) is 29.1 Å². The van der Waals surface area contributed by atoms with E-state index >= 15 is 0 Å². The fourth-order valence-electron chi connectivity index (χ4n) is 6.72. The van der Waals surface area contributed by atoms with Gasteiger partial charge in [0.15, 0.2) is 0 Å². The van der Waals surface area contributed by atoms with Gasteiger partial charge in [-0.1, -0.05) is 31.4 Å². The molecule has 0 amide bonds. The van der Waals surface area contributed by atoms with Crippen molar-refractivity contribution in [1.82, 2.24) is 4.90 Å². The highest BCUT2D eigenvalue weighted by Gasteiger charge is 2.46. The van der Waals surface area contributed by atoms with Gasteiger partial charge in [-0.3, -0.25) is 4.90 Å². The molecule has 25 heavy (non-hydrogen) atoms. The molecular weight excluding hydrogens is 306 g/mol. The Labute approximate surface area is 152 Å². The van der Waals surface area contributed by atoms with Crippen LogP contribution in [0.2, 0.25) is 0 Å². The van der Waals surface area contributed by atoms with E-state index in [1.54, 1.807) is 0 Å². The zero-order valence-electron chi connectivity index (χ0n) is 15.4. The minimum atomic E-state index is 0.599. The molecule has 4 aliphatic rings. The van der Waals surface area contributed by atoms with Gasteiger partial charge in [-0.15, -0.1) is 0 Å². The lowest BCUT2D eigenvalue weighted by Gasteiger charge is -2.49. The second-order valence-electron chi connectivity index (χ2n) is 9.26. The molecule has 2 saturated carbocycles. The molecule has 4 fully saturated rings. The Hall–Kier alpha value is -1.22. The van der Waals surface area contributed by atoms with Crippen LogP contribution >= 0.6 is 0 Å². The summed E-state index contributed by atoms with van der Waals surface area (Å²) < 4.78 is 0. The number of nitrogens with one attached hydrogen (secondary N) is 1. The second-order valence-corrected chi connectivity index (χ2v) is 9.26. The Morgan fingerprint density at radius 1 is 0.800 bits per heavy atom. The lowest BCUT2D eigenvalue weighted by atomic mass is 9.69. The maximum Gasteiger partial charge on any atom is 0.0576 e. The molecule has 3 nitrogen and oxygen atoms in total. The Bertz CT molecular complexity index is 589. The van der Waals surface area contributed by atoms with Gasteiger partial charge >= 0.3 is 0 Å². The first kappa shape index (κ1) is 16.0. The van der Waals surface area contributed by atoms with E-state index in [2.05, 4.69) is 22.3 Å². The van der Waals surface area contributed by atoms with Crippen LogP contribution in [0.1, 0.15) is 64.2 Å². The van der Waals surface area contributed by atoms with Gasteiger partial charge in [0.1, 0.15) is 0 Å². The Morgan fingerprint density at radius 3 is 2.16 bits per heavy atom. The lowest BCUT2D eigenvalue weighted by Crippen LogP contribution is -2.53. The van der Waals surface area contributed by atoms with Crippen molar-refractivity contribution < 1.29 is 0 Å². The molecule has 3 unspecified atom stereocenters. The Kier molecular flexibility index (Phi) is 4.16. The third-order valence-corrected chi connectivity index (χ3v) is 7.63. The number of fused-ring (bicyclic) bond motifs is 4. The average molecular weight is 340 g/mol. The number of hydrogen-bond donors (Lipinski definition) is 2. The third kappa shape index (κ3) is 3.05. The molecule has 5 atom stereocenters. The van der Waals surface area contributed by atoms with Crippen LogP contribution in [0.4, 0.5) is 11.4 Å². The number of piperidine rings is 1. The smallest absolute Gasteiger partial charge is 0.0576 e. The van der Waals surface area contributed by atoms with Crippen LogP contribution in [0.15, 0.2) is 24.3 Å². The molecule has 0 radical (unpaired) electrons. The molecule has 0 spiro atoms. The van der Waals surface area contributed by atoms with Gasteiger partial charge in [0.25, 0.3) is 0 Å². The van der Waals surface area contributed by atoms with Gasteiger partial charge in [-0.2, -0.15) is 0 Å². The van der Waals surface area contributed by atoms with Gasteiger partial charge in [0, 0.05) is 24.2 Å². The molecule has 2 heterocycles. The van der Waals surface area contributed by atoms with Crippen molar-refractivity contribution in [2.24, 2.45) is 11.8 Å². The fraction of sp³-hybridized carbons (Fsp3) is 0.727. The summed E-state index contributed by atoms with van der Waals surface area (Å²) >= 11 is 0. The molecule has 0 aromatic heterocycles. The van der Waals surface area contributed by atoms with Crippen LogP contribution < -0.4 is 11.1 Å². The summed E-state index contributed by atoms with van der Waals surface area (Å²) in [5.41, 5.74) is 8.16. The summed E-state index contributed by atoms with van der Waals surface area (Å²) in [7, 11) is 0. The predicted molar refractivity (Wildman–Crippen MR) is 105 cm³/mol. The van der Waals surface area contributed by atoms with Crippen LogP contribution in [0, 0.1) is 11.8 Å². The summed E-state index contributed by atoms with van der Waals surface area (Å²) in [6.45, 7) is 0. The van der Waals surface area contributed by atoms with E-state index in [-0.39, 0.29) is 0 Å². The maximum absolute atomic E-state index is 6.15. The first-order valence-corrected chi connectivity index (χ1v) is 10.6. The molecule has 3 heteroatoms. The van der Waals surface area contributed by atoms with Crippen LogP contribution in [0.25, 0.3) is 0 Å². The van der Waals surface area contributed by atoms with Gasteiger partial charge in [0.2, 0.25) is 0 Å². The lowest BCUT2D eigenvalue weighted by molar-refractivity contribution is 0.0177. The second kappa shape index (κ2) is 6.50. The molecule has 1 aromatic carbocycles. The zero-order valence-corrected chi connectivity index (χ0v) is 15.4. The standard InChI is InChI=1S/C22H33N3/c23-21-6-1-2-7-22(21)24-17-13-18-8-9-19(14-17)25(18)20-11-15-4-3-5-16(10-15)12-20/h1-2,6-7,15-20,24H,3-5,8-14,23H2/t15?,16?,17?,18-,19+,20?. The van der Waals surface area contributed by atoms with Gasteiger partial charge < -0.3 is 11.1 Å². The number of rotatable bonds is 3. The van der Waals surface area contributed by atoms with Crippen LogP contribution in [0.3, 0.4) is 0 Å². The van der Waals surface area contributed by atoms with Crippen molar-refractivity contribution in [2.45, 2.75) is 88.4 Å². The van der Waals surface area contributed by atoms with Crippen LogP contribution in [-0.2, 0) is 0 Å². The Morgan fingerprint density at radius 2 is 1.48 bits per heavy atom. The SMILES string of the molecule is Nc1ccccc1NC1C[C@H]2CC[C@@H](C1)N2C1CC2CCCC(C2)C1. The third-order valence-electron chi connectivity index (χ3n) is 7.63. The molecule has 4 bridgehead atoms. The zero-order chi connectivity index (χ0) is 16.8. The van der Waals surface area contributed by atoms with Gasteiger partial charge in [0.05, 0.1) is 11.4 Å². The monoisotopic (exact) mass is 339 g/mol. The topological polar surface area (TPSA) is 41.3 Å². The van der Waals surface area contributed by atoms with Crippen molar-refractivity contribution in [3.63, 3.8) is 0 Å². The number of nitrogens with two attached hydrogens (primary N) is 1. The molecule has 2 aliphatic carbocycles. The van der Waals surface area contributed by atoms with E-state index in [0.29, 0.717) is 6.04 Å². The number of hydrogen-bond acceptors (Lipinski definition) is 3.